The van der Waals surface area contributed by atoms with E-state index in [4.69, 9.17) is 0 Å². The number of aromatic amines is 1. The van der Waals surface area contributed by atoms with Gasteiger partial charge in [0.05, 0.1) is 0 Å². The van der Waals surface area contributed by atoms with Gasteiger partial charge in [-0.3, -0.25) is 4.79 Å². The van der Waals surface area contributed by atoms with Crippen LogP contribution in [0.5, 0.6) is 0 Å². The predicted molar refractivity (Wildman–Crippen MR) is 106 cm³/mol. The molecule has 2 aromatic rings. The fourth-order valence-electron chi connectivity index (χ4n) is 3.83. The highest BCUT2D eigenvalue weighted by atomic mass is 32.2. The zero-order valence-electron chi connectivity index (χ0n) is 15.3. The number of hydrogen-bond donors (Lipinski definition) is 2. The monoisotopic (exact) mass is 359 g/mol. The largest absolute Gasteiger partial charge is 0.361 e. The van der Waals surface area contributed by atoms with Crippen LogP contribution < -0.4 is 5.32 Å². The molecular formula is C20H29N3OS. The van der Waals surface area contributed by atoms with Gasteiger partial charge in [0.1, 0.15) is 0 Å². The molecule has 1 aromatic heterocycles. The number of carbonyl (C=O) groups is 1. The Morgan fingerprint density at radius 2 is 2.28 bits per heavy atom. The van der Waals surface area contributed by atoms with E-state index in [0.717, 1.165) is 32.4 Å². The van der Waals surface area contributed by atoms with E-state index in [1.165, 1.54) is 40.7 Å². The number of nitrogens with zero attached hydrogens (tertiary/aromatic N) is 1. The second-order valence-corrected chi connectivity index (χ2v) is 7.83. The Morgan fingerprint density at radius 1 is 1.40 bits per heavy atom. The number of carbonyl (C=O) groups excluding carboxylic acids is 1. The summed E-state index contributed by atoms with van der Waals surface area (Å²) in [5, 5.41) is 4.26. The number of aromatic nitrogens is 1. The summed E-state index contributed by atoms with van der Waals surface area (Å²) in [6.07, 6.45) is 10.3. The lowest BCUT2D eigenvalue weighted by atomic mass is 10.0. The van der Waals surface area contributed by atoms with Gasteiger partial charge in [-0.15, -0.1) is 11.8 Å². The van der Waals surface area contributed by atoms with Crippen LogP contribution >= 0.6 is 11.8 Å². The summed E-state index contributed by atoms with van der Waals surface area (Å²) < 4.78 is 0. The Hall–Kier alpha value is -1.46. The second kappa shape index (κ2) is 8.77. The van der Waals surface area contributed by atoms with Gasteiger partial charge in [-0.05, 0) is 75.2 Å². The molecule has 0 spiro atoms. The Morgan fingerprint density at radius 3 is 3.08 bits per heavy atom. The fourth-order valence-corrected chi connectivity index (χ4v) is 4.27. The number of fused-ring (bicyclic) bond motifs is 1. The SMILES string of the molecule is CSc1ccc2[nH]cc(C[C@H]3CCCN3CCCCNC(C)=O)c2c1. The molecule has 0 unspecified atom stereocenters. The average molecular weight is 360 g/mol. The quantitative estimate of drug-likeness (QED) is 0.556. The smallest absolute Gasteiger partial charge is 0.216 e. The Bertz CT molecular complexity index is 712. The van der Waals surface area contributed by atoms with Crippen molar-refractivity contribution in [3.8, 4) is 0 Å². The number of amides is 1. The molecule has 4 nitrogen and oxygen atoms in total. The highest BCUT2D eigenvalue weighted by Gasteiger charge is 2.24. The van der Waals surface area contributed by atoms with Crippen LogP contribution in [0, 0.1) is 0 Å². The van der Waals surface area contributed by atoms with Crippen molar-refractivity contribution >= 4 is 28.6 Å². The van der Waals surface area contributed by atoms with E-state index in [1.807, 2.05) is 0 Å². The summed E-state index contributed by atoms with van der Waals surface area (Å²) in [5.74, 6) is 0.0722. The molecule has 3 rings (SSSR count). The number of likely N-dealkylation sites (tertiary alicyclic amines) is 1. The van der Waals surface area contributed by atoms with Crippen LogP contribution in [-0.2, 0) is 11.2 Å². The Kier molecular flexibility index (Phi) is 6.43. The Labute approximate surface area is 154 Å². The van der Waals surface area contributed by atoms with Crippen LogP contribution in [0.3, 0.4) is 0 Å². The molecule has 2 heterocycles. The molecule has 0 radical (unpaired) electrons. The summed E-state index contributed by atoms with van der Waals surface area (Å²) in [7, 11) is 0. The third-order valence-corrected chi connectivity index (χ3v) is 5.90. The number of rotatable bonds is 8. The van der Waals surface area contributed by atoms with Gasteiger partial charge >= 0.3 is 0 Å². The van der Waals surface area contributed by atoms with Gasteiger partial charge < -0.3 is 15.2 Å². The molecule has 1 aliphatic rings. The summed E-state index contributed by atoms with van der Waals surface area (Å²) in [6, 6.07) is 7.35. The third kappa shape index (κ3) is 4.79. The molecule has 1 aliphatic heterocycles. The van der Waals surface area contributed by atoms with Crippen molar-refractivity contribution in [2.45, 2.75) is 50.0 Å². The Balaban J connectivity index is 1.57. The topological polar surface area (TPSA) is 48.1 Å². The van der Waals surface area contributed by atoms with Crippen molar-refractivity contribution < 1.29 is 4.79 Å². The first-order chi connectivity index (χ1) is 12.2. The number of unbranched alkanes of at least 4 members (excludes halogenated alkanes) is 1. The minimum absolute atomic E-state index is 0.0722. The summed E-state index contributed by atoms with van der Waals surface area (Å²) in [4.78, 5) is 18.3. The predicted octanol–water partition coefficient (Wildman–Crippen LogP) is 3.81. The molecule has 2 N–H and O–H groups in total. The van der Waals surface area contributed by atoms with E-state index in [1.54, 1.807) is 18.7 Å². The van der Waals surface area contributed by atoms with Crippen LogP contribution in [0.15, 0.2) is 29.3 Å². The van der Waals surface area contributed by atoms with Crippen molar-refractivity contribution in [1.82, 2.24) is 15.2 Å². The first-order valence-electron chi connectivity index (χ1n) is 9.30. The van der Waals surface area contributed by atoms with Crippen LogP contribution in [0.25, 0.3) is 10.9 Å². The molecule has 1 saturated heterocycles. The van der Waals surface area contributed by atoms with Gasteiger partial charge in [0.25, 0.3) is 0 Å². The van der Waals surface area contributed by atoms with Crippen LogP contribution in [0.4, 0.5) is 0 Å². The van der Waals surface area contributed by atoms with Gasteiger partial charge in [-0.25, -0.2) is 0 Å². The zero-order chi connectivity index (χ0) is 17.6. The number of hydrogen-bond acceptors (Lipinski definition) is 3. The lowest BCUT2D eigenvalue weighted by molar-refractivity contribution is -0.118. The summed E-state index contributed by atoms with van der Waals surface area (Å²) >= 11 is 1.80. The van der Waals surface area contributed by atoms with Crippen LogP contribution in [-0.4, -0.2) is 47.7 Å². The van der Waals surface area contributed by atoms with Crippen molar-refractivity contribution in [3.05, 3.63) is 30.0 Å². The fraction of sp³-hybridized carbons (Fsp3) is 0.550. The normalized spacial score (nSPS) is 18.1. The van der Waals surface area contributed by atoms with Gasteiger partial charge in [0.2, 0.25) is 5.91 Å². The molecule has 0 saturated carbocycles. The molecule has 0 bridgehead atoms. The number of benzene rings is 1. The second-order valence-electron chi connectivity index (χ2n) is 6.95. The highest BCUT2D eigenvalue weighted by Crippen LogP contribution is 2.28. The number of H-pyrrole nitrogens is 1. The van der Waals surface area contributed by atoms with E-state index in [-0.39, 0.29) is 5.91 Å². The minimum atomic E-state index is 0.0722. The highest BCUT2D eigenvalue weighted by molar-refractivity contribution is 7.98. The van der Waals surface area contributed by atoms with Gasteiger partial charge in [0, 0.05) is 41.5 Å². The van der Waals surface area contributed by atoms with E-state index in [2.05, 4.69) is 45.9 Å². The van der Waals surface area contributed by atoms with Crippen molar-refractivity contribution in [1.29, 1.82) is 0 Å². The number of nitrogens with one attached hydrogen (secondary N) is 2. The maximum absolute atomic E-state index is 10.9. The molecule has 1 aromatic carbocycles. The van der Waals surface area contributed by atoms with Gasteiger partial charge in [-0.1, -0.05) is 0 Å². The van der Waals surface area contributed by atoms with E-state index < -0.39 is 0 Å². The lowest BCUT2D eigenvalue weighted by Gasteiger charge is -2.24. The lowest BCUT2D eigenvalue weighted by Crippen LogP contribution is -2.32. The van der Waals surface area contributed by atoms with Gasteiger partial charge in [-0.2, -0.15) is 0 Å². The van der Waals surface area contributed by atoms with Gasteiger partial charge in [0.15, 0.2) is 0 Å². The molecular weight excluding hydrogens is 330 g/mol. The zero-order valence-corrected chi connectivity index (χ0v) is 16.1. The maximum atomic E-state index is 10.9. The molecule has 1 amide bonds. The molecule has 1 fully saturated rings. The molecule has 0 aliphatic carbocycles. The molecule has 136 valence electrons. The maximum Gasteiger partial charge on any atom is 0.216 e. The van der Waals surface area contributed by atoms with Crippen molar-refractivity contribution in [2.75, 3.05) is 25.9 Å². The average Bonchev–Trinajstić information content (AvgIpc) is 3.21. The molecule has 5 heteroatoms. The molecule has 25 heavy (non-hydrogen) atoms. The summed E-state index contributed by atoms with van der Waals surface area (Å²) in [6.45, 7) is 4.74. The van der Waals surface area contributed by atoms with E-state index in [0.29, 0.717) is 6.04 Å². The molecule has 1 atom stereocenters. The van der Waals surface area contributed by atoms with Crippen LogP contribution in [0.1, 0.15) is 38.2 Å². The van der Waals surface area contributed by atoms with E-state index in [9.17, 15) is 4.79 Å². The first-order valence-corrected chi connectivity index (χ1v) is 10.5. The van der Waals surface area contributed by atoms with Crippen molar-refractivity contribution in [3.63, 3.8) is 0 Å². The number of thioether (sulfide) groups is 1. The summed E-state index contributed by atoms with van der Waals surface area (Å²) in [5.41, 5.74) is 2.69. The van der Waals surface area contributed by atoms with E-state index >= 15 is 0 Å². The van der Waals surface area contributed by atoms with Crippen LogP contribution in [0.2, 0.25) is 0 Å². The third-order valence-electron chi connectivity index (χ3n) is 5.18. The first kappa shape index (κ1) is 18.3. The minimum Gasteiger partial charge on any atom is -0.361 e. The standard InChI is InChI=1S/C20H29N3OS/c1-15(24)21-9-3-4-10-23-11-5-6-17(23)12-16-14-22-20-8-7-18(25-2)13-19(16)20/h7-8,13-14,17,22H,3-6,9-12H2,1-2H3,(H,21,24)/t17-/m1/s1. The van der Waals surface area contributed by atoms with Crippen molar-refractivity contribution in [2.24, 2.45) is 0 Å².